The second-order valence-electron chi connectivity index (χ2n) is 7.01. The molecule has 0 aromatic carbocycles. The van der Waals surface area contributed by atoms with E-state index in [-0.39, 0.29) is 11.9 Å². The van der Waals surface area contributed by atoms with Gasteiger partial charge in [0.2, 0.25) is 0 Å². The lowest BCUT2D eigenvalue weighted by atomic mass is 10.0. The van der Waals surface area contributed by atoms with Crippen LogP contribution in [0.1, 0.15) is 86.0 Å². The number of allylic oxidation sites excluding steroid dienone is 4. The molecule has 2 unspecified atom stereocenters. The van der Waals surface area contributed by atoms with Crippen molar-refractivity contribution in [2.45, 2.75) is 97.9 Å². The van der Waals surface area contributed by atoms with Gasteiger partial charge in [-0.05, 0) is 59.8 Å². The molecular weight excluding hydrogens is 272 g/mol. The van der Waals surface area contributed by atoms with E-state index in [0.717, 1.165) is 19.4 Å². The first kappa shape index (κ1) is 19.4. The number of hydrogen-bond donors (Lipinski definition) is 0. The van der Waals surface area contributed by atoms with Gasteiger partial charge in [-0.1, -0.05) is 43.1 Å². The molecule has 1 aliphatic rings. The van der Waals surface area contributed by atoms with Crippen LogP contribution in [0, 0.1) is 0 Å². The highest BCUT2D eigenvalue weighted by Gasteiger charge is 2.34. The minimum Gasteiger partial charge on any atom is -0.348 e. The van der Waals surface area contributed by atoms with Crippen LogP contribution < -0.4 is 0 Å². The molecule has 22 heavy (non-hydrogen) atoms. The summed E-state index contributed by atoms with van der Waals surface area (Å²) < 4.78 is 11.6. The van der Waals surface area contributed by atoms with E-state index >= 15 is 0 Å². The predicted octanol–water partition coefficient (Wildman–Crippen LogP) is 6.17. The molecule has 0 aliphatic carbocycles. The molecule has 1 rings (SSSR count). The lowest BCUT2D eigenvalue weighted by Crippen LogP contribution is -2.25. The zero-order valence-corrected chi connectivity index (χ0v) is 15.4. The predicted molar refractivity (Wildman–Crippen MR) is 95.0 cm³/mol. The lowest BCUT2D eigenvalue weighted by molar-refractivity contribution is -0.155. The summed E-state index contributed by atoms with van der Waals surface area (Å²) in [6.07, 6.45) is 14.6. The molecule has 1 heterocycles. The maximum Gasteiger partial charge on any atom is 0.166 e. The smallest absolute Gasteiger partial charge is 0.166 e. The van der Waals surface area contributed by atoms with Crippen molar-refractivity contribution in [3.05, 3.63) is 23.3 Å². The van der Waals surface area contributed by atoms with Crippen LogP contribution in [0.3, 0.4) is 0 Å². The van der Waals surface area contributed by atoms with E-state index < -0.39 is 0 Å². The van der Waals surface area contributed by atoms with E-state index in [4.69, 9.17) is 9.47 Å². The summed E-state index contributed by atoms with van der Waals surface area (Å²) in [5.74, 6) is -0.369. The third kappa shape index (κ3) is 8.14. The minimum absolute atomic E-state index is 0.232. The van der Waals surface area contributed by atoms with Gasteiger partial charge in [-0.2, -0.15) is 0 Å². The van der Waals surface area contributed by atoms with E-state index in [1.54, 1.807) is 5.57 Å². The summed E-state index contributed by atoms with van der Waals surface area (Å²) in [5, 5.41) is 0. The topological polar surface area (TPSA) is 18.5 Å². The van der Waals surface area contributed by atoms with Gasteiger partial charge in [0.05, 0.1) is 12.7 Å². The van der Waals surface area contributed by atoms with E-state index in [1.165, 1.54) is 44.1 Å². The molecule has 128 valence electrons. The molecule has 0 aromatic rings. The largest absolute Gasteiger partial charge is 0.348 e. The van der Waals surface area contributed by atoms with Crippen LogP contribution >= 0.6 is 0 Å². The maximum atomic E-state index is 5.83. The fourth-order valence-corrected chi connectivity index (χ4v) is 2.90. The van der Waals surface area contributed by atoms with Crippen molar-refractivity contribution in [1.29, 1.82) is 0 Å². The van der Waals surface area contributed by atoms with E-state index in [2.05, 4.69) is 46.8 Å². The monoisotopic (exact) mass is 308 g/mol. The zero-order valence-electron chi connectivity index (χ0n) is 15.4. The van der Waals surface area contributed by atoms with Crippen LogP contribution in [0.2, 0.25) is 0 Å². The molecule has 2 atom stereocenters. The summed E-state index contributed by atoms with van der Waals surface area (Å²) in [5.41, 5.74) is 3.03. The molecular formula is C20H36O2. The van der Waals surface area contributed by atoms with Gasteiger partial charge in [-0.25, -0.2) is 0 Å². The van der Waals surface area contributed by atoms with Gasteiger partial charge >= 0.3 is 0 Å². The van der Waals surface area contributed by atoms with Crippen molar-refractivity contribution in [2.24, 2.45) is 0 Å². The first-order valence-electron chi connectivity index (χ1n) is 9.08. The van der Waals surface area contributed by atoms with Crippen LogP contribution in [0.5, 0.6) is 0 Å². The van der Waals surface area contributed by atoms with Gasteiger partial charge in [0.25, 0.3) is 0 Å². The Morgan fingerprint density at radius 1 is 1.09 bits per heavy atom. The quantitative estimate of drug-likeness (QED) is 0.355. The van der Waals surface area contributed by atoms with Crippen molar-refractivity contribution < 1.29 is 9.47 Å². The Morgan fingerprint density at radius 3 is 2.41 bits per heavy atom. The highest BCUT2D eigenvalue weighted by Crippen LogP contribution is 2.28. The Bertz CT molecular complexity index is 370. The highest BCUT2D eigenvalue weighted by atomic mass is 16.7. The standard InChI is InChI=1S/C20H36O2/c1-6-7-8-11-17(2)12-9-13-18(3)14-10-15-20(5)21-16-19(4)22-20/h12,14,19H,6-11,13,15-16H2,1-5H3/b17-12+,18-14+. The average molecular weight is 309 g/mol. The average Bonchev–Trinajstić information content (AvgIpc) is 2.79. The molecule has 1 aliphatic heterocycles. The van der Waals surface area contributed by atoms with Gasteiger partial charge in [-0.3, -0.25) is 0 Å². The fraction of sp³-hybridized carbons (Fsp3) is 0.800. The zero-order chi connectivity index (χ0) is 16.4. The molecule has 0 radical (unpaired) electrons. The summed E-state index contributed by atoms with van der Waals surface area (Å²) in [6, 6.07) is 0. The second-order valence-corrected chi connectivity index (χ2v) is 7.01. The number of rotatable bonds is 10. The Morgan fingerprint density at radius 2 is 1.77 bits per heavy atom. The van der Waals surface area contributed by atoms with Gasteiger partial charge in [0.1, 0.15) is 0 Å². The third-order valence-corrected chi connectivity index (χ3v) is 4.37. The third-order valence-electron chi connectivity index (χ3n) is 4.37. The van der Waals surface area contributed by atoms with E-state index in [0.29, 0.717) is 0 Å². The van der Waals surface area contributed by atoms with Crippen molar-refractivity contribution in [3.63, 3.8) is 0 Å². The van der Waals surface area contributed by atoms with Gasteiger partial charge < -0.3 is 9.47 Å². The van der Waals surface area contributed by atoms with Crippen LogP contribution in [0.25, 0.3) is 0 Å². The van der Waals surface area contributed by atoms with E-state index in [1.807, 2.05) is 0 Å². The Kier molecular flexibility index (Phi) is 9.04. The van der Waals surface area contributed by atoms with Crippen LogP contribution in [0.15, 0.2) is 23.3 Å². The first-order chi connectivity index (χ1) is 10.4. The molecule has 0 bridgehead atoms. The summed E-state index contributed by atoms with van der Waals surface area (Å²) in [7, 11) is 0. The highest BCUT2D eigenvalue weighted by molar-refractivity contribution is 5.03. The normalized spacial score (nSPS) is 26.7. The molecule has 0 aromatic heterocycles. The number of ether oxygens (including phenoxy) is 2. The van der Waals surface area contributed by atoms with E-state index in [9.17, 15) is 0 Å². The maximum absolute atomic E-state index is 5.83. The summed E-state index contributed by atoms with van der Waals surface area (Å²) in [6.45, 7) is 11.6. The van der Waals surface area contributed by atoms with Gasteiger partial charge in [0, 0.05) is 6.42 Å². The Labute approximate surface area is 138 Å². The Balaban J connectivity index is 2.19. The molecule has 0 spiro atoms. The summed E-state index contributed by atoms with van der Waals surface area (Å²) in [4.78, 5) is 0. The molecule has 2 nitrogen and oxygen atoms in total. The minimum atomic E-state index is -0.369. The van der Waals surface area contributed by atoms with Gasteiger partial charge in [0.15, 0.2) is 5.79 Å². The molecule has 2 heteroatoms. The molecule has 0 N–H and O–H groups in total. The molecule has 0 amide bonds. The first-order valence-corrected chi connectivity index (χ1v) is 9.08. The molecule has 0 saturated carbocycles. The van der Waals surface area contributed by atoms with Crippen LogP contribution in [-0.2, 0) is 9.47 Å². The van der Waals surface area contributed by atoms with Crippen LogP contribution in [-0.4, -0.2) is 18.5 Å². The second kappa shape index (κ2) is 10.2. The van der Waals surface area contributed by atoms with Gasteiger partial charge in [-0.15, -0.1) is 0 Å². The lowest BCUT2D eigenvalue weighted by Gasteiger charge is -2.22. The molecule has 1 fully saturated rings. The number of hydrogen-bond acceptors (Lipinski definition) is 2. The Hall–Kier alpha value is -0.600. The number of unbranched alkanes of at least 4 members (excludes halogenated alkanes) is 2. The molecule has 1 saturated heterocycles. The van der Waals surface area contributed by atoms with Crippen molar-refractivity contribution >= 4 is 0 Å². The van der Waals surface area contributed by atoms with Crippen molar-refractivity contribution in [2.75, 3.05) is 6.61 Å². The van der Waals surface area contributed by atoms with Crippen molar-refractivity contribution in [3.8, 4) is 0 Å². The fourth-order valence-electron chi connectivity index (χ4n) is 2.90. The van der Waals surface area contributed by atoms with Crippen molar-refractivity contribution in [1.82, 2.24) is 0 Å². The van der Waals surface area contributed by atoms with Crippen LogP contribution in [0.4, 0.5) is 0 Å². The summed E-state index contributed by atoms with van der Waals surface area (Å²) >= 11 is 0. The SMILES string of the molecule is CCCCC/C(C)=C/CC/C(C)=C/CCC1(C)OCC(C)O1.